The number of hydrogen-bond acceptors (Lipinski definition) is 4. The van der Waals surface area contributed by atoms with E-state index in [0.717, 1.165) is 25.3 Å². The largest absolute Gasteiger partial charge is 0.390 e. The van der Waals surface area contributed by atoms with Gasteiger partial charge in [-0.15, -0.1) is 0 Å². The third-order valence-corrected chi connectivity index (χ3v) is 3.28. The SMILES string of the molecule is CCn1cc(CC(C)(O)CC2COCCN2)cn1. The molecule has 0 bridgehead atoms. The summed E-state index contributed by atoms with van der Waals surface area (Å²) in [7, 11) is 0. The van der Waals surface area contributed by atoms with Gasteiger partial charge in [0.25, 0.3) is 0 Å². The highest BCUT2D eigenvalue weighted by atomic mass is 16.5. The Bertz CT molecular complexity index is 370. The molecule has 0 spiro atoms. The average molecular weight is 253 g/mol. The molecule has 0 aliphatic carbocycles. The van der Waals surface area contributed by atoms with Crippen molar-refractivity contribution in [3.05, 3.63) is 18.0 Å². The van der Waals surface area contributed by atoms with Crippen molar-refractivity contribution in [2.75, 3.05) is 19.8 Å². The third kappa shape index (κ3) is 3.80. The molecular weight excluding hydrogens is 230 g/mol. The molecule has 0 aromatic carbocycles. The van der Waals surface area contributed by atoms with Gasteiger partial charge in [0.1, 0.15) is 0 Å². The smallest absolute Gasteiger partial charge is 0.0676 e. The Morgan fingerprint density at radius 1 is 1.67 bits per heavy atom. The van der Waals surface area contributed by atoms with Crippen LogP contribution in [0.4, 0.5) is 0 Å². The molecule has 1 aliphatic heterocycles. The average Bonchev–Trinajstić information content (AvgIpc) is 2.76. The normalized spacial score (nSPS) is 23.8. The lowest BCUT2D eigenvalue weighted by molar-refractivity contribution is 0.00650. The van der Waals surface area contributed by atoms with Crippen LogP contribution in [0, 0.1) is 0 Å². The van der Waals surface area contributed by atoms with E-state index in [0.29, 0.717) is 19.4 Å². The molecule has 5 heteroatoms. The van der Waals surface area contributed by atoms with Crippen molar-refractivity contribution >= 4 is 0 Å². The summed E-state index contributed by atoms with van der Waals surface area (Å²) in [5, 5.41) is 18.1. The number of aryl methyl sites for hydroxylation is 1. The molecule has 1 saturated heterocycles. The van der Waals surface area contributed by atoms with Crippen LogP contribution in [0.5, 0.6) is 0 Å². The van der Waals surface area contributed by atoms with Gasteiger partial charge in [-0.1, -0.05) is 0 Å². The number of rotatable bonds is 5. The van der Waals surface area contributed by atoms with E-state index in [4.69, 9.17) is 4.74 Å². The number of nitrogens with one attached hydrogen (secondary N) is 1. The molecule has 1 aliphatic rings. The lowest BCUT2D eigenvalue weighted by Gasteiger charge is -2.31. The van der Waals surface area contributed by atoms with E-state index in [1.807, 2.05) is 24.0 Å². The van der Waals surface area contributed by atoms with Gasteiger partial charge in [-0.25, -0.2) is 0 Å². The van der Waals surface area contributed by atoms with E-state index < -0.39 is 5.60 Å². The van der Waals surface area contributed by atoms with E-state index in [1.54, 1.807) is 0 Å². The summed E-state index contributed by atoms with van der Waals surface area (Å²) in [6, 6.07) is 0.245. The minimum atomic E-state index is -0.722. The molecule has 1 fully saturated rings. The molecule has 2 atom stereocenters. The second-order valence-corrected chi connectivity index (χ2v) is 5.31. The van der Waals surface area contributed by atoms with Crippen LogP contribution in [0.25, 0.3) is 0 Å². The third-order valence-electron chi connectivity index (χ3n) is 3.28. The summed E-state index contributed by atoms with van der Waals surface area (Å²) in [6.07, 6.45) is 5.16. The Morgan fingerprint density at radius 2 is 2.50 bits per heavy atom. The molecule has 0 saturated carbocycles. The Morgan fingerprint density at radius 3 is 3.11 bits per heavy atom. The van der Waals surface area contributed by atoms with Gasteiger partial charge in [0.2, 0.25) is 0 Å². The van der Waals surface area contributed by atoms with Gasteiger partial charge in [-0.3, -0.25) is 4.68 Å². The van der Waals surface area contributed by atoms with Crippen LogP contribution in [-0.2, 0) is 17.7 Å². The van der Waals surface area contributed by atoms with Crippen LogP contribution in [-0.4, -0.2) is 46.3 Å². The zero-order valence-corrected chi connectivity index (χ0v) is 11.2. The summed E-state index contributed by atoms with van der Waals surface area (Å²) in [5.41, 5.74) is 0.360. The molecule has 2 rings (SSSR count). The maximum Gasteiger partial charge on any atom is 0.0676 e. The topological polar surface area (TPSA) is 59.3 Å². The molecular formula is C13H23N3O2. The molecule has 2 unspecified atom stereocenters. The molecule has 2 heterocycles. The second-order valence-electron chi connectivity index (χ2n) is 5.31. The van der Waals surface area contributed by atoms with Gasteiger partial charge < -0.3 is 15.2 Å². The zero-order valence-electron chi connectivity index (χ0n) is 11.2. The fraction of sp³-hybridized carbons (Fsp3) is 0.769. The maximum absolute atomic E-state index is 10.5. The van der Waals surface area contributed by atoms with Crippen LogP contribution < -0.4 is 5.32 Å². The minimum Gasteiger partial charge on any atom is -0.390 e. The Kier molecular flexibility index (Phi) is 4.37. The number of aliphatic hydroxyl groups is 1. The minimum absolute atomic E-state index is 0.245. The van der Waals surface area contributed by atoms with Crippen molar-refractivity contribution in [3.63, 3.8) is 0 Å². The predicted molar refractivity (Wildman–Crippen MR) is 69.5 cm³/mol. The zero-order chi connectivity index (χ0) is 13.0. The quantitative estimate of drug-likeness (QED) is 0.805. The summed E-state index contributed by atoms with van der Waals surface area (Å²) in [5.74, 6) is 0. The van der Waals surface area contributed by atoms with Crippen molar-refractivity contribution in [3.8, 4) is 0 Å². The fourth-order valence-electron chi connectivity index (χ4n) is 2.46. The molecule has 0 amide bonds. The summed E-state index contributed by atoms with van der Waals surface area (Å²) in [4.78, 5) is 0. The van der Waals surface area contributed by atoms with Gasteiger partial charge in [-0.05, 0) is 25.8 Å². The molecule has 2 N–H and O–H groups in total. The first kappa shape index (κ1) is 13.5. The highest BCUT2D eigenvalue weighted by molar-refractivity contribution is 5.08. The summed E-state index contributed by atoms with van der Waals surface area (Å²) < 4.78 is 7.29. The van der Waals surface area contributed by atoms with E-state index in [-0.39, 0.29) is 6.04 Å². The molecule has 5 nitrogen and oxygen atoms in total. The van der Waals surface area contributed by atoms with Gasteiger partial charge in [-0.2, -0.15) is 5.10 Å². The van der Waals surface area contributed by atoms with Crippen LogP contribution >= 0.6 is 0 Å². The molecule has 102 valence electrons. The number of nitrogens with zero attached hydrogens (tertiary/aromatic N) is 2. The highest BCUT2D eigenvalue weighted by Crippen LogP contribution is 2.19. The predicted octanol–water partition coefficient (Wildman–Crippen LogP) is 0.575. The first-order valence-corrected chi connectivity index (χ1v) is 6.64. The first-order chi connectivity index (χ1) is 8.59. The van der Waals surface area contributed by atoms with Crippen molar-refractivity contribution < 1.29 is 9.84 Å². The molecule has 18 heavy (non-hydrogen) atoms. The van der Waals surface area contributed by atoms with Crippen LogP contribution in [0.1, 0.15) is 25.8 Å². The monoisotopic (exact) mass is 253 g/mol. The molecule has 0 radical (unpaired) electrons. The van der Waals surface area contributed by atoms with Gasteiger partial charge >= 0.3 is 0 Å². The molecule has 1 aromatic rings. The van der Waals surface area contributed by atoms with Crippen LogP contribution in [0.2, 0.25) is 0 Å². The van der Waals surface area contributed by atoms with Crippen molar-refractivity contribution in [1.82, 2.24) is 15.1 Å². The van der Waals surface area contributed by atoms with E-state index in [2.05, 4.69) is 17.3 Å². The Hall–Kier alpha value is -0.910. The highest BCUT2D eigenvalue weighted by Gasteiger charge is 2.27. The first-order valence-electron chi connectivity index (χ1n) is 6.64. The van der Waals surface area contributed by atoms with Crippen molar-refractivity contribution in [1.29, 1.82) is 0 Å². The van der Waals surface area contributed by atoms with Crippen molar-refractivity contribution in [2.24, 2.45) is 0 Å². The number of ether oxygens (including phenoxy) is 1. The van der Waals surface area contributed by atoms with Gasteiger partial charge in [0.05, 0.1) is 25.0 Å². The van der Waals surface area contributed by atoms with E-state index in [9.17, 15) is 5.11 Å². The lowest BCUT2D eigenvalue weighted by atomic mass is 9.91. The van der Waals surface area contributed by atoms with Crippen LogP contribution in [0.15, 0.2) is 12.4 Å². The second kappa shape index (κ2) is 5.82. The van der Waals surface area contributed by atoms with Gasteiger partial charge in [0.15, 0.2) is 0 Å². The Labute approximate surface area is 108 Å². The number of hydrogen-bond donors (Lipinski definition) is 2. The van der Waals surface area contributed by atoms with E-state index >= 15 is 0 Å². The standard InChI is InChI=1S/C13H23N3O2/c1-3-16-9-11(8-15-16)6-13(2,17)7-12-10-18-5-4-14-12/h8-9,12,14,17H,3-7,10H2,1-2H3. The number of aromatic nitrogens is 2. The lowest BCUT2D eigenvalue weighted by Crippen LogP contribution is -2.46. The van der Waals surface area contributed by atoms with Crippen LogP contribution in [0.3, 0.4) is 0 Å². The molecule has 1 aromatic heterocycles. The Balaban J connectivity index is 1.89. The fourth-order valence-corrected chi connectivity index (χ4v) is 2.46. The summed E-state index contributed by atoms with van der Waals surface area (Å²) >= 11 is 0. The van der Waals surface area contributed by atoms with Crippen molar-refractivity contribution in [2.45, 2.75) is 44.9 Å². The maximum atomic E-state index is 10.5. The van der Waals surface area contributed by atoms with E-state index in [1.165, 1.54) is 0 Å². The number of morpholine rings is 1. The summed E-state index contributed by atoms with van der Waals surface area (Å²) in [6.45, 7) is 7.12. The van der Waals surface area contributed by atoms with Gasteiger partial charge in [0, 0.05) is 31.7 Å².